The Morgan fingerprint density at radius 2 is 1.93 bits per heavy atom. The zero-order valence-corrected chi connectivity index (χ0v) is 17.3. The molecule has 2 aliphatic rings. The Labute approximate surface area is 176 Å². The second-order valence-corrected chi connectivity index (χ2v) is 8.39. The Kier molecular flexibility index (Phi) is 5.12. The number of methoxy groups -OCH3 is 1. The van der Waals surface area contributed by atoms with Crippen LogP contribution < -0.4 is 9.64 Å². The summed E-state index contributed by atoms with van der Waals surface area (Å²) in [5.41, 5.74) is 3.88. The second kappa shape index (κ2) is 8.07. The molecule has 2 aromatic carbocycles. The van der Waals surface area contributed by atoms with Gasteiger partial charge in [-0.1, -0.05) is 37.1 Å². The zero-order valence-electron chi connectivity index (χ0n) is 17.3. The Morgan fingerprint density at radius 3 is 2.73 bits per heavy atom. The molecule has 1 fully saturated rings. The predicted molar refractivity (Wildman–Crippen MR) is 112 cm³/mol. The normalized spacial score (nSPS) is 20.1. The van der Waals surface area contributed by atoms with Crippen molar-refractivity contribution in [3.8, 4) is 11.5 Å². The van der Waals surface area contributed by atoms with Crippen LogP contribution in [0.25, 0.3) is 0 Å². The molecule has 1 aliphatic heterocycles. The standard InChI is InChI=1S/C23H27N5O2/c1-30-21-14-17(10-11-20(21)29)22(23-24-25-26-28(23)19-8-4-5-9-19)27-13-12-16-6-2-3-7-18(16)15-27/h2-3,6-7,10-11,14,19,22,29H,4-5,8-9,12-13,15H2,1H3/p+1/t22-/m1/s1. The number of hydrogen-bond donors (Lipinski definition) is 2. The molecule has 1 aliphatic carbocycles. The van der Waals surface area contributed by atoms with Crippen molar-refractivity contribution in [2.75, 3.05) is 13.7 Å². The van der Waals surface area contributed by atoms with Crippen LogP contribution in [-0.2, 0) is 13.0 Å². The van der Waals surface area contributed by atoms with Crippen molar-refractivity contribution in [3.63, 3.8) is 0 Å². The zero-order chi connectivity index (χ0) is 20.5. The first-order valence-electron chi connectivity index (χ1n) is 10.8. The van der Waals surface area contributed by atoms with Gasteiger partial charge in [-0.05, 0) is 47.0 Å². The fourth-order valence-corrected chi connectivity index (χ4v) is 5.09. The molecule has 0 amide bonds. The highest BCUT2D eigenvalue weighted by Crippen LogP contribution is 2.34. The van der Waals surface area contributed by atoms with Crippen molar-refractivity contribution in [2.45, 2.75) is 50.7 Å². The summed E-state index contributed by atoms with van der Waals surface area (Å²) < 4.78 is 7.47. The number of phenols is 1. The average molecular weight is 407 g/mol. The minimum Gasteiger partial charge on any atom is -0.504 e. The van der Waals surface area contributed by atoms with Gasteiger partial charge in [0, 0.05) is 17.5 Å². The van der Waals surface area contributed by atoms with Crippen LogP contribution in [0.4, 0.5) is 0 Å². The highest BCUT2D eigenvalue weighted by molar-refractivity contribution is 5.43. The number of aromatic nitrogens is 4. The molecule has 0 spiro atoms. The van der Waals surface area contributed by atoms with E-state index in [4.69, 9.17) is 4.74 Å². The van der Waals surface area contributed by atoms with Gasteiger partial charge in [0.2, 0.25) is 5.82 Å². The maximum absolute atomic E-state index is 10.1. The number of benzene rings is 2. The van der Waals surface area contributed by atoms with Crippen molar-refractivity contribution < 1.29 is 14.7 Å². The van der Waals surface area contributed by atoms with Crippen LogP contribution in [0.15, 0.2) is 42.5 Å². The van der Waals surface area contributed by atoms with E-state index in [9.17, 15) is 5.11 Å². The fraction of sp³-hybridized carbons (Fsp3) is 0.435. The number of aromatic hydroxyl groups is 1. The Morgan fingerprint density at radius 1 is 1.13 bits per heavy atom. The molecule has 7 nitrogen and oxygen atoms in total. The molecule has 2 heterocycles. The van der Waals surface area contributed by atoms with Crippen molar-refractivity contribution in [2.24, 2.45) is 0 Å². The number of fused-ring (bicyclic) bond motifs is 1. The van der Waals surface area contributed by atoms with Gasteiger partial charge in [-0.3, -0.25) is 0 Å². The first-order valence-corrected chi connectivity index (χ1v) is 10.8. The summed E-state index contributed by atoms with van der Waals surface area (Å²) in [6, 6.07) is 14.6. The summed E-state index contributed by atoms with van der Waals surface area (Å²) in [5.74, 6) is 1.53. The lowest BCUT2D eigenvalue weighted by Gasteiger charge is -2.32. The molecule has 3 aromatic rings. The lowest BCUT2D eigenvalue weighted by atomic mass is 9.95. The molecule has 2 N–H and O–H groups in total. The first-order chi connectivity index (χ1) is 14.7. The van der Waals surface area contributed by atoms with Crippen molar-refractivity contribution >= 4 is 0 Å². The van der Waals surface area contributed by atoms with Gasteiger partial charge in [-0.15, -0.1) is 5.10 Å². The van der Waals surface area contributed by atoms with E-state index >= 15 is 0 Å². The second-order valence-electron chi connectivity index (χ2n) is 8.39. The van der Waals surface area contributed by atoms with Crippen LogP contribution in [0.2, 0.25) is 0 Å². The molecule has 7 heteroatoms. The largest absolute Gasteiger partial charge is 0.504 e. The van der Waals surface area contributed by atoms with Gasteiger partial charge in [-0.25, -0.2) is 4.68 Å². The summed E-state index contributed by atoms with van der Waals surface area (Å²) in [4.78, 5) is 1.41. The maximum atomic E-state index is 10.1. The van der Waals surface area contributed by atoms with Crippen molar-refractivity contribution in [1.29, 1.82) is 0 Å². The summed E-state index contributed by atoms with van der Waals surface area (Å²) in [5, 5.41) is 23.1. The predicted octanol–water partition coefficient (Wildman–Crippen LogP) is 2.23. The third-order valence-electron chi connectivity index (χ3n) is 6.64. The minimum atomic E-state index is -0.0246. The number of rotatable bonds is 5. The molecule has 156 valence electrons. The molecular formula is C23H28N5O2+. The van der Waals surface area contributed by atoms with Gasteiger partial charge in [-0.2, -0.15) is 0 Å². The summed E-state index contributed by atoms with van der Waals surface area (Å²) in [6.07, 6.45) is 5.74. The third kappa shape index (κ3) is 3.43. The van der Waals surface area contributed by atoms with E-state index in [0.29, 0.717) is 11.8 Å². The Bertz CT molecular complexity index is 1030. The van der Waals surface area contributed by atoms with E-state index in [1.54, 1.807) is 13.2 Å². The number of hydrogen-bond acceptors (Lipinski definition) is 5. The van der Waals surface area contributed by atoms with Gasteiger partial charge in [0.1, 0.15) is 6.54 Å². The Hall–Kier alpha value is -2.93. The summed E-state index contributed by atoms with van der Waals surface area (Å²) in [6.45, 7) is 1.92. The number of tetrazole rings is 1. The number of phenolic OH excluding ortho intramolecular Hbond substituents is 1. The lowest BCUT2D eigenvalue weighted by Crippen LogP contribution is -3.12. The summed E-state index contributed by atoms with van der Waals surface area (Å²) in [7, 11) is 1.58. The van der Waals surface area contributed by atoms with Crippen LogP contribution in [0.5, 0.6) is 11.5 Å². The van der Waals surface area contributed by atoms with E-state index in [1.165, 1.54) is 28.9 Å². The Balaban J connectivity index is 1.58. The molecule has 1 unspecified atom stereocenters. The molecule has 0 bridgehead atoms. The van der Waals surface area contributed by atoms with E-state index < -0.39 is 0 Å². The highest BCUT2D eigenvalue weighted by Gasteiger charge is 2.36. The maximum Gasteiger partial charge on any atom is 0.214 e. The summed E-state index contributed by atoms with van der Waals surface area (Å²) >= 11 is 0. The number of quaternary nitrogens is 1. The van der Waals surface area contributed by atoms with Crippen LogP contribution in [0.1, 0.15) is 60.3 Å². The third-order valence-corrected chi connectivity index (χ3v) is 6.64. The van der Waals surface area contributed by atoms with E-state index in [1.807, 2.05) is 12.1 Å². The van der Waals surface area contributed by atoms with Crippen LogP contribution in [-0.4, -0.2) is 39.0 Å². The average Bonchev–Trinajstić information content (AvgIpc) is 3.47. The lowest BCUT2D eigenvalue weighted by molar-refractivity contribution is -0.941. The monoisotopic (exact) mass is 406 g/mol. The van der Waals surface area contributed by atoms with Crippen LogP contribution in [0.3, 0.4) is 0 Å². The quantitative estimate of drug-likeness (QED) is 0.680. The number of ether oxygens (including phenoxy) is 1. The SMILES string of the molecule is COc1cc([C@H](c2nnnn2C2CCCC2)[NH+]2CCc3ccccc3C2)ccc1O. The van der Waals surface area contributed by atoms with Gasteiger partial charge >= 0.3 is 0 Å². The van der Waals surface area contributed by atoms with Gasteiger partial charge < -0.3 is 14.7 Å². The smallest absolute Gasteiger partial charge is 0.214 e. The van der Waals surface area contributed by atoms with Gasteiger partial charge in [0.15, 0.2) is 17.5 Å². The topological polar surface area (TPSA) is 77.5 Å². The molecule has 1 aromatic heterocycles. The molecule has 0 radical (unpaired) electrons. The molecule has 30 heavy (non-hydrogen) atoms. The molecule has 1 saturated carbocycles. The van der Waals surface area contributed by atoms with Crippen molar-refractivity contribution in [1.82, 2.24) is 20.2 Å². The van der Waals surface area contributed by atoms with Crippen molar-refractivity contribution in [3.05, 3.63) is 65.0 Å². The van der Waals surface area contributed by atoms with Crippen LogP contribution in [0, 0.1) is 0 Å². The molecule has 2 atom stereocenters. The van der Waals surface area contributed by atoms with E-state index in [-0.39, 0.29) is 11.8 Å². The van der Waals surface area contributed by atoms with Gasteiger partial charge in [0.05, 0.1) is 19.7 Å². The highest BCUT2D eigenvalue weighted by atomic mass is 16.5. The molecule has 0 saturated heterocycles. The van der Waals surface area contributed by atoms with E-state index in [2.05, 4.69) is 44.5 Å². The molecular weight excluding hydrogens is 378 g/mol. The van der Waals surface area contributed by atoms with Gasteiger partial charge in [0.25, 0.3) is 0 Å². The number of nitrogens with one attached hydrogen (secondary N) is 1. The van der Waals surface area contributed by atoms with E-state index in [0.717, 1.165) is 43.7 Å². The first kappa shape index (κ1) is 19.1. The fourth-order valence-electron chi connectivity index (χ4n) is 5.09. The molecule has 5 rings (SSSR count). The minimum absolute atomic E-state index is 0.0246. The number of nitrogens with zero attached hydrogens (tertiary/aromatic N) is 4. The van der Waals surface area contributed by atoms with Crippen LogP contribution >= 0.6 is 0 Å².